The number of nitrogens with one attached hydrogen (secondary N) is 2. The molecule has 6 nitrogen and oxygen atoms in total. The van der Waals surface area contributed by atoms with E-state index in [-0.39, 0.29) is 6.61 Å². The predicted octanol–water partition coefficient (Wildman–Crippen LogP) is -0.440. The Labute approximate surface area is 89.5 Å². The van der Waals surface area contributed by atoms with Crippen molar-refractivity contribution in [3.05, 3.63) is 0 Å². The number of amides is 2. The lowest BCUT2D eigenvalue weighted by Crippen LogP contribution is -2.46. The minimum absolute atomic E-state index is 0.218. The second kappa shape index (κ2) is 6.89. The van der Waals surface area contributed by atoms with E-state index in [2.05, 4.69) is 13.6 Å². The first-order valence-corrected chi connectivity index (χ1v) is 4.68. The van der Waals surface area contributed by atoms with Crippen molar-refractivity contribution in [3.63, 3.8) is 0 Å². The number of aliphatic hydroxyl groups excluding tert-OH is 1. The normalized spacial score (nSPS) is 11.6. The molecule has 0 bridgehead atoms. The molecule has 0 aromatic rings. The largest absolute Gasteiger partial charge is 0.450 e. The number of rotatable bonds is 4. The molecule has 13 heavy (non-hydrogen) atoms. The molecule has 0 aromatic heterocycles. The number of hydrogen-bond acceptors (Lipinski definition) is 4. The minimum Gasteiger partial charge on any atom is -0.450 e. The van der Waals surface area contributed by atoms with Crippen LogP contribution in [0.4, 0.5) is 4.79 Å². The molecule has 0 spiro atoms. The van der Waals surface area contributed by atoms with Crippen LogP contribution in [-0.2, 0) is 9.53 Å². The summed E-state index contributed by atoms with van der Waals surface area (Å²) < 4.78 is 6.79. The molecule has 0 heterocycles. The van der Waals surface area contributed by atoms with Gasteiger partial charge in [-0.15, -0.1) is 0 Å². The second-order valence-corrected chi connectivity index (χ2v) is 2.60. The van der Waals surface area contributed by atoms with E-state index in [1.54, 1.807) is 29.8 Å². The molecule has 0 aromatic carbocycles. The maximum Gasteiger partial charge on any atom is 0.407 e. The molecular weight excluding hydrogens is 291 g/mol. The number of hydrogen-bond donors (Lipinski definition) is 3. The summed E-state index contributed by atoms with van der Waals surface area (Å²) in [4.78, 5) is 21.7. The monoisotopic (exact) mass is 302 g/mol. The summed E-state index contributed by atoms with van der Waals surface area (Å²) in [6, 6.07) is -0.962. The van der Waals surface area contributed by atoms with E-state index in [4.69, 9.17) is 5.11 Å². The molecule has 0 rings (SSSR count). The highest BCUT2D eigenvalue weighted by molar-refractivity contribution is 14.1. The van der Waals surface area contributed by atoms with Gasteiger partial charge in [-0.05, 0) is 6.92 Å². The maximum atomic E-state index is 10.9. The van der Waals surface area contributed by atoms with Crippen molar-refractivity contribution in [3.8, 4) is 0 Å². The van der Waals surface area contributed by atoms with Gasteiger partial charge in [-0.1, -0.05) is 0 Å². The molecule has 0 saturated heterocycles. The summed E-state index contributed by atoms with van der Waals surface area (Å²) in [6.07, 6.45) is -0.721. The van der Waals surface area contributed by atoms with Crippen LogP contribution in [0.1, 0.15) is 6.92 Å². The molecule has 0 saturated carbocycles. The van der Waals surface area contributed by atoms with Crippen LogP contribution < -0.4 is 8.85 Å². The fourth-order valence-electron chi connectivity index (χ4n) is 0.575. The quantitative estimate of drug-likeness (QED) is 0.485. The zero-order valence-electron chi connectivity index (χ0n) is 7.04. The third-order valence-corrected chi connectivity index (χ3v) is 1.69. The van der Waals surface area contributed by atoms with E-state index >= 15 is 0 Å². The zero-order chi connectivity index (χ0) is 10.3. The lowest BCUT2D eigenvalue weighted by molar-refractivity contribution is -0.121. The average Bonchev–Trinajstić information content (AvgIpc) is 2.13. The Morgan fingerprint density at radius 3 is 2.62 bits per heavy atom. The summed E-state index contributed by atoms with van der Waals surface area (Å²) in [7, 11) is 0. The van der Waals surface area contributed by atoms with Crippen LogP contribution in [0.2, 0.25) is 0 Å². The number of alkyl carbamates (subject to hydrolysis) is 1. The number of carbonyl (C=O) groups is 2. The fraction of sp³-hybridized carbons (Fsp3) is 0.667. The first-order chi connectivity index (χ1) is 6.15. The van der Waals surface area contributed by atoms with Gasteiger partial charge < -0.3 is 15.2 Å². The second-order valence-electron chi connectivity index (χ2n) is 2.06. The number of ether oxygens (including phenoxy) is 1. The minimum atomic E-state index is -0.962. The Kier molecular flexibility index (Phi) is 6.59. The van der Waals surface area contributed by atoms with Crippen molar-refractivity contribution in [1.82, 2.24) is 8.85 Å². The molecule has 0 aliphatic carbocycles. The highest BCUT2D eigenvalue weighted by Gasteiger charge is 2.19. The molecule has 0 aliphatic rings. The topological polar surface area (TPSA) is 87.7 Å². The van der Waals surface area contributed by atoms with Crippen molar-refractivity contribution in [2.24, 2.45) is 0 Å². The summed E-state index contributed by atoms with van der Waals surface area (Å²) in [5.41, 5.74) is 0. The van der Waals surface area contributed by atoms with Crippen LogP contribution in [0.3, 0.4) is 0 Å². The van der Waals surface area contributed by atoms with Gasteiger partial charge in [-0.2, -0.15) is 0 Å². The first kappa shape index (κ1) is 12.4. The molecule has 0 aliphatic heterocycles. The van der Waals surface area contributed by atoms with Crippen molar-refractivity contribution in [1.29, 1.82) is 0 Å². The average molecular weight is 302 g/mol. The molecule has 0 radical (unpaired) electrons. The van der Waals surface area contributed by atoms with Gasteiger partial charge in [-0.25, -0.2) is 4.79 Å². The van der Waals surface area contributed by atoms with Gasteiger partial charge in [0.05, 0.1) is 36.1 Å². The van der Waals surface area contributed by atoms with Gasteiger partial charge in [0.25, 0.3) is 5.91 Å². The Balaban J connectivity index is 3.97. The highest BCUT2D eigenvalue weighted by Crippen LogP contribution is 1.87. The summed E-state index contributed by atoms with van der Waals surface area (Å²) >= 11 is 1.62. The Hall–Kier alpha value is -0.570. The Bertz CT molecular complexity index is 187. The van der Waals surface area contributed by atoms with E-state index in [9.17, 15) is 9.59 Å². The smallest absolute Gasteiger partial charge is 0.407 e. The number of halogens is 1. The number of aliphatic hydroxyl groups is 1. The van der Waals surface area contributed by atoms with Crippen molar-refractivity contribution in [2.75, 3.05) is 13.2 Å². The van der Waals surface area contributed by atoms with Gasteiger partial charge in [0.2, 0.25) is 0 Å². The van der Waals surface area contributed by atoms with Gasteiger partial charge in [-0.3, -0.25) is 8.32 Å². The lowest BCUT2D eigenvalue weighted by atomic mass is 10.3. The van der Waals surface area contributed by atoms with E-state index in [1.807, 2.05) is 0 Å². The van der Waals surface area contributed by atoms with Crippen molar-refractivity contribution in [2.45, 2.75) is 13.0 Å². The van der Waals surface area contributed by atoms with Gasteiger partial charge >= 0.3 is 6.09 Å². The Morgan fingerprint density at radius 2 is 2.23 bits per heavy atom. The maximum absolute atomic E-state index is 10.9. The van der Waals surface area contributed by atoms with Crippen molar-refractivity contribution < 1.29 is 19.4 Å². The van der Waals surface area contributed by atoms with Gasteiger partial charge in [0.1, 0.15) is 6.04 Å². The van der Waals surface area contributed by atoms with Crippen LogP contribution in [0.25, 0.3) is 0 Å². The molecule has 1 atom stereocenters. The first-order valence-electron chi connectivity index (χ1n) is 3.60. The predicted molar refractivity (Wildman–Crippen MR) is 53.2 cm³/mol. The molecule has 0 unspecified atom stereocenters. The van der Waals surface area contributed by atoms with E-state index in [0.29, 0.717) is 0 Å². The molecular formula is C6H11IN2O4. The van der Waals surface area contributed by atoms with E-state index in [1.165, 1.54) is 0 Å². The summed E-state index contributed by atoms with van der Waals surface area (Å²) in [5, 5.41) is 10.9. The van der Waals surface area contributed by atoms with Gasteiger partial charge in [0, 0.05) is 0 Å². The zero-order valence-corrected chi connectivity index (χ0v) is 9.20. The Morgan fingerprint density at radius 1 is 1.62 bits per heavy atom. The van der Waals surface area contributed by atoms with Crippen LogP contribution in [-0.4, -0.2) is 36.4 Å². The lowest BCUT2D eigenvalue weighted by Gasteiger charge is -2.13. The third-order valence-electron chi connectivity index (χ3n) is 1.16. The standard InChI is InChI=1S/C6H11IN2O4/c1-2-13-6(12)8-4(3-10)5(11)9-7/h4,10H,2-3H2,1H3,(H,8,12)(H,9,11)/t4-/m0/s1. The van der Waals surface area contributed by atoms with Crippen LogP contribution in [0.15, 0.2) is 0 Å². The molecule has 76 valence electrons. The molecule has 7 heteroatoms. The summed E-state index contributed by atoms with van der Waals surface area (Å²) in [6.45, 7) is 1.40. The van der Waals surface area contributed by atoms with Crippen LogP contribution in [0, 0.1) is 0 Å². The SMILES string of the molecule is CCOC(=O)N[C@@H](CO)C(=O)NI. The fourth-order valence-corrected chi connectivity index (χ4v) is 0.951. The van der Waals surface area contributed by atoms with E-state index in [0.717, 1.165) is 0 Å². The van der Waals surface area contributed by atoms with Gasteiger partial charge in [0.15, 0.2) is 0 Å². The van der Waals surface area contributed by atoms with Crippen molar-refractivity contribution >= 4 is 34.9 Å². The molecule has 0 fully saturated rings. The third kappa shape index (κ3) is 4.88. The number of carbonyl (C=O) groups excluding carboxylic acids is 2. The highest BCUT2D eigenvalue weighted by atomic mass is 127. The molecule has 3 N–H and O–H groups in total. The van der Waals surface area contributed by atoms with Crippen LogP contribution in [0.5, 0.6) is 0 Å². The summed E-state index contributed by atoms with van der Waals surface area (Å²) in [5.74, 6) is -0.476. The van der Waals surface area contributed by atoms with E-state index < -0.39 is 24.6 Å². The van der Waals surface area contributed by atoms with Crippen LogP contribution >= 0.6 is 22.9 Å². The molecule has 2 amide bonds.